The largest absolute Gasteiger partial charge is 0.369 e. The highest BCUT2D eigenvalue weighted by atomic mass is 32.2. The highest BCUT2D eigenvalue weighted by molar-refractivity contribution is 7.88. The van der Waals surface area contributed by atoms with Crippen LogP contribution in [-0.2, 0) is 24.1 Å². The Morgan fingerprint density at radius 1 is 1.00 bits per heavy atom. The first kappa shape index (κ1) is 24.3. The number of benzene rings is 1. The van der Waals surface area contributed by atoms with Gasteiger partial charge in [-0.2, -0.15) is 10.2 Å². The minimum atomic E-state index is -3.26. The van der Waals surface area contributed by atoms with Crippen molar-refractivity contribution in [2.45, 2.75) is 6.42 Å². The second-order valence-electron chi connectivity index (χ2n) is 8.36. The maximum Gasteiger partial charge on any atom is 0.208 e. The topological polar surface area (TPSA) is 120 Å². The van der Waals surface area contributed by atoms with Crippen molar-refractivity contribution in [1.29, 1.82) is 0 Å². The first-order chi connectivity index (χ1) is 16.7. The Bertz CT molecular complexity index is 1460. The second-order valence-corrected chi connectivity index (χ2v) is 10.2. The first-order valence-electron chi connectivity index (χ1n) is 11.0. The van der Waals surface area contributed by atoms with Crippen molar-refractivity contribution in [2.75, 3.05) is 24.7 Å². The molecule has 4 aromatic rings. The summed E-state index contributed by atoms with van der Waals surface area (Å²) in [6.07, 6.45) is 10.9. The summed E-state index contributed by atoms with van der Waals surface area (Å²) in [5.74, 6) is 1.25. The molecule has 0 spiro atoms. The van der Waals surface area contributed by atoms with Crippen LogP contribution in [-0.4, -0.2) is 57.3 Å². The summed E-state index contributed by atoms with van der Waals surface area (Å²) in [4.78, 5) is 9.46. The molecule has 2 N–H and O–H groups in total. The minimum absolute atomic E-state index is 0.201. The van der Waals surface area contributed by atoms with Gasteiger partial charge in [0.1, 0.15) is 5.82 Å². The fourth-order valence-corrected chi connectivity index (χ4v) is 3.98. The van der Waals surface area contributed by atoms with Crippen LogP contribution in [0, 0.1) is 0 Å². The van der Waals surface area contributed by atoms with E-state index in [0.717, 1.165) is 39.6 Å². The van der Waals surface area contributed by atoms with Gasteiger partial charge in [0.2, 0.25) is 10.0 Å². The van der Waals surface area contributed by atoms with E-state index in [0.29, 0.717) is 24.6 Å². The van der Waals surface area contributed by atoms with Crippen LogP contribution in [0.2, 0.25) is 0 Å². The molecule has 0 atom stereocenters. The average molecular weight is 493 g/mol. The molecule has 0 bridgehead atoms. The Morgan fingerprint density at radius 3 is 2.34 bits per heavy atom. The lowest BCUT2D eigenvalue weighted by atomic mass is 10.1. The monoisotopic (exact) mass is 492 g/mol. The van der Waals surface area contributed by atoms with Crippen LogP contribution in [0.1, 0.15) is 6.42 Å². The van der Waals surface area contributed by atoms with Crippen LogP contribution in [0.3, 0.4) is 0 Å². The van der Waals surface area contributed by atoms with Crippen molar-refractivity contribution in [3.05, 3.63) is 67.4 Å². The number of hydrogen-bond acceptors (Lipinski definition) is 7. The van der Waals surface area contributed by atoms with Crippen molar-refractivity contribution in [2.24, 2.45) is 14.1 Å². The zero-order chi connectivity index (χ0) is 25.0. The Hall–Kier alpha value is -3.83. The fraction of sp³-hybridized carbons (Fsp3) is 0.250. The third-order valence-electron chi connectivity index (χ3n) is 5.32. The molecule has 182 valence electrons. The lowest BCUT2D eigenvalue weighted by molar-refractivity contribution is 0.590. The fourth-order valence-electron chi connectivity index (χ4n) is 3.51. The van der Waals surface area contributed by atoms with E-state index in [1.54, 1.807) is 21.8 Å². The highest BCUT2D eigenvalue weighted by Gasteiger charge is 2.13. The maximum absolute atomic E-state index is 11.3. The quantitative estimate of drug-likeness (QED) is 0.327. The zero-order valence-corrected chi connectivity index (χ0v) is 20.7. The number of anilines is 1. The molecule has 11 heteroatoms. The summed E-state index contributed by atoms with van der Waals surface area (Å²) in [7, 11) is 0.480. The molecule has 4 rings (SSSR count). The Kier molecular flexibility index (Phi) is 7.08. The van der Waals surface area contributed by atoms with Gasteiger partial charge in [0.25, 0.3) is 0 Å². The highest BCUT2D eigenvalue weighted by Crippen LogP contribution is 2.29. The lowest BCUT2D eigenvalue weighted by Gasteiger charge is -2.13. The molecule has 35 heavy (non-hydrogen) atoms. The number of aromatic nitrogens is 6. The van der Waals surface area contributed by atoms with Gasteiger partial charge < -0.3 is 5.32 Å². The van der Waals surface area contributed by atoms with Crippen LogP contribution < -0.4 is 10.0 Å². The predicted molar refractivity (Wildman–Crippen MR) is 137 cm³/mol. The molecule has 10 nitrogen and oxygen atoms in total. The first-order valence-corrected chi connectivity index (χ1v) is 12.9. The standard InChI is InChI=1S/C24H28N8O2S/c1-17(11-29-35(4,33)34)8-9-25-24-22(21-13-28-32(3)16-21)14-26-23(30-24)19-7-5-6-18(10-19)20-12-27-31(2)15-20/h5-7,10,12-16,29H,1,8-9,11H2,2-4H3,(H,25,26,30). The molecule has 0 radical (unpaired) electrons. The number of hydrogen-bond donors (Lipinski definition) is 2. The van der Waals surface area contributed by atoms with Crippen LogP contribution in [0.5, 0.6) is 0 Å². The summed E-state index contributed by atoms with van der Waals surface area (Å²) >= 11 is 0. The van der Waals surface area contributed by atoms with E-state index >= 15 is 0 Å². The Balaban J connectivity index is 1.58. The average Bonchev–Trinajstić information content (AvgIpc) is 3.45. The Labute approximate surface area is 204 Å². The van der Waals surface area contributed by atoms with Crippen LogP contribution in [0.15, 0.2) is 67.4 Å². The molecule has 3 heterocycles. The van der Waals surface area contributed by atoms with E-state index in [2.05, 4.69) is 31.8 Å². The van der Waals surface area contributed by atoms with E-state index in [1.807, 2.05) is 57.0 Å². The molecule has 0 saturated heterocycles. The lowest BCUT2D eigenvalue weighted by Crippen LogP contribution is -2.24. The zero-order valence-electron chi connectivity index (χ0n) is 19.9. The number of rotatable bonds is 10. The van der Waals surface area contributed by atoms with E-state index < -0.39 is 10.0 Å². The third kappa shape index (κ3) is 6.40. The van der Waals surface area contributed by atoms with Gasteiger partial charge in [-0.1, -0.05) is 30.4 Å². The van der Waals surface area contributed by atoms with Gasteiger partial charge in [0.15, 0.2) is 5.82 Å². The third-order valence-corrected chi connectivity index (χ3v) is 5.99. The molecule has 0 aliphatic carbocycles. The molecule has 3 aromatic heterocycles. The van der Waals surface area contributed by atoms with Gasteiger partial charge in [-0.3, -0.25) is 9.36 Å². The normalized spacial score (nSPS) is 11.5. The van der Waals surface area contributed by atoms with Gasteiger partial charge in [0.05, 0.1) is 18.6 Å². The molecule has 1 aromatic carbocycles. The van der Waals surface area contributed by atoms with Crippen molar-refractivity contribution >= 4 is 15.8 Å². The van der Waals surface area contributed by atoms with Gasteiger partial charge in [0, 0.05) is 68.0 Å². The van der Waals surface area contributed by atoms with Crippen molar-refractivity contribution in [1.82, 2.24) is 34.3 Å². The van der Waals surface area contributed by atoms with E-state index in [4.69, 9.17) is 4.98 Å². The summed E-state index contributed by atoms with van der Waals surface area (Å²) in [6, 6.07) is 8.02. The summed E-state index contributed by atoms with van der Waals surface area (Å²) in [6.45, 7) is 4.69. The number of sulfonamides is 1. The predicted octanol–water partition coefficient (Wildman–Crippen LogP) is 2.85. The van der Waals surface area contributed by atoms with Gasteiger partial charge >= 0.3 is 0 Å². The molecule has 0 aliphatic rings. The summed E-state index contributed by atoms with van der Waals surface area (Å²) in [5.41, 5.74) is 5.41. The molecule has 0 saturated carbocycles. The Morgan fingerprint density at radius 2 is 1.69 bits per heavy atom. The van der Waals surface area contributed by atoms with Crippen molar-refractivity contribution in [3.8, 4) is 33.6 Å². The SMILES string of the molecule is C=C(CCNc1nc(-c2cccc(-c3cnn(C)c3)c2)ncc1-c1cnn(C)c1)CNS(C)(=O)=O. The van der Waals surface area contributed by atoms with Crippen LogP contribution in [0.4, 0.5) is 5.82 Å². The maximum atomic E-state index is 11.3. The van der Waals surface area contributed by atoms with Gasteiger partial charge in [-0.15, -0.1) is 0 Å². The number of nitrogens with one attached hydrogen (secondary N) is 2. The number of nitrogens with zero attached hydrogens (tertiary/aromatic N) is 6. The molecule has 0 amide bonds. The molecular formula is C24H28N8O2S. The minimum Gasteiger partial charge on any atom is -0.369 e. The molecular weight excluding hydrogens is 464 g/mol. The van der Waals surface area contributed by atoms with Crippen LogP contribution in [0.25, 0.3) is 33.6 Å². The summed E-state index contributed by atoms with van der Waals surface area (Å²) < 4.78 is 28.6. The van der Waals surface area contributed by atoms with Crippen molar-refractivity contribution < 1.29 is 8.42 Å². The van der Waals surface area contributed by atoms with Gasteiger partial charge in [-0.25, -0.2) is 23.1 Å². The molecule has 0 fully saturated rings. The second kappa shape index (κ2) is 10.2. The van der Waals surface area contributed by atoms with E-state index in [9.17, 15) is 8.42 Å². The molecule has 0 aliphatic heterocycles. The summed E-state index contributed by atoms with van der Waals surface area (Å²) in [5, 5.41) is 11.9. The van der Waals surface area contributed by atoms with Crippen LogP contribution >= 0.6 is 0 Å². The van der Waals surface area contributed by atoms with E-state index in [1.165, 1.54) is 0 Å². The van der Waals surface area contributed by atoms with Crippen molar-refractivity contribution in [3.63, 3.8) is 0 Å². The molecule has 0 unspecified atom stereocenters. The smallest absolute Gasteiger partial charge is 0.208 e. The number of aryl methyl sites for hydroxylation is 2. The van der Waals surface area contributed by atoms with Gasteiger partial charge in [-0.05, 0) is 18.1 Å². The van der Waals surface area contributed by atoms with E-state index in [-0.39, 0.29) is 6.54 Å².